The SMILES string of the molecule is COCCOc1c(N)cc(C#N)n1Cc1ccc(Cl)cc1Cl. The molecule has 2 aromatic rings. The van der Waals surface area contributed by atoms with Crippen molar-refractivity contribution in [3.63, 3.8) is 0 Å². The Bertz CT molecular complexity index is 708. The van der Waals surface area contributed by atoms with E-state index in [2.05, 4.69) is 6.07 Å². The van der Waals surface area contributed by atoms with Crippen LogP contribution in [0.15, 0.2) is 24.3 Å². The van der Waals surface area contributed by atoms with Gasteiger partial charge in [-0.1, -0.05) is 29.3 Å². The van der Waals surface area contributed by atoms with Crippen LogP contribution in [0, 0.1) is 11.3 Å². The van der Waals surface area contributed by atoms with Gasteiger partial charge in [-0.3, -0.25) is 4.57 Å². The van der Waals surface area contributed by atoms with Crippen molar-refractivity contribution in [1.29, 1.82) is 5.26 Å². The van der Waals surface area contributed by atoms with E-state index in [1.54, 1.807) is 35.9 Å². The van der Waals surface area contributed by atoms with Crippen molar-refractivity contribution in [2.45, 2.75) is 6.54 Å². The number of nitrogens with two attached hydrogens (primary N) is 1. The van der Waals surface area contributed by atoms with Crippen molar-refractivity contribution in [2.24, 2.45) is 0 Å². The van der Waals surface area contributed by atoms with E-state index in [9.17, 15) is 5.26 Å². The van der Waals surface area contributed by atoms with E-state index in [1.165, 1.54) is 0 Å². The first-order chi connectivity index (χ1) is 10.6. The minimum Gasteiger partial charge on any atom is -0.475 e. The molecule has 22 heavy (non-hydrogen) atoms. The molecule has 0 aliphatic rings. The molecule has 0 unspecified atom stereocenters. The number of rotatable bonds is 6. The average molecular weight is 340 g/mol. The Balaban J connectivity index is 2.34. The van der Waals surface area contributed by atoms with E-state index in [4.69, 9.17) is 38.4 Å². The number of methoxy groups -OCH3 is 1. The molecule has 0 saturated heterocycles. The number of halogens is 2. The van der Waals surface area contributed by atoms with E-state index in [0.29, 0.717) is 47.1 Å². The molecule has 0 aliphatic heterocycles. The quantitative estimate of drug-likeness (QED) is 0.819. The molecule has 7 heteroatoms. The number of ether oxygens (including phenoxy) is 2. The van der Waals surface area contributed by atoms with Gasteiger partial charge in [0.15, 0.2) is 0 Å². The molecule has 0 amide bonds. The third-order valence-corrected chi connectivity index (χ3v) is 3.65. The highest BCUT2D eigenvalue weighted by Gasteiger charge is 2.16. The number of anilines is 1. The monoisotopic (exact) mass is 339 g/mol. The smallest absolute Gasteiger partial charge is 0.218 e. The second kappa shape index (κ2) is 7.41. The van der Waals surface area contributed by atoms with Gasteiger partial charge in [0.1, 0.15) is 18.4 Å². The van der Waals surface area contributed by atoms with Gasteiger partial charge in [0.2, 0.25) is 5.88 Å². The van der Waals surface area contributed by atoms with Gasteiger partial charge in [-0.05, 0) is 17.7 Å². The van der Waals surface area contributed by atoms with Crippen LogP contribution in [-0.4, -0.2) is 24.9 Å². The summed E-state index contributed by atoms with van der Waals surface area (Å²) in [6.45, 7) is 1.12. The first-order valence-corrected chi connectivity index (χ1v) is 7.27. The Morgan fingerprint density at radius 3 is 2.68 bits per heavy atom. The predicted molar refractivity (Wildman–Crippen MR) is 86.5 cm³/mol. The van der Waals surface area contributed by atoms with E-state index >= 15 is 0 Å². The third kappa shape index (κ3) is 3.66. The summed E-state index contributed by atoms with van der Waals surface area (Å²) < 4.78 is 12.3. The summed E-state index contributed by atoms with van der Waals surface area (Å²) in [5.41, 5.74) is 7.54. The van der Waals surface area contributed by atoms with E-state index in [-0.39, 0.29) is 0 Å². The highest BCUT2D eigenvalue weighted by atomic mass is 35.5. The minimum absolute atomic E-state index is 0.337. The Kier molecular flexibility index (Phi) is 5.56. The van der Waals surface area contributed by atoms with E-state index in [0.717, 1.165) is 5.56 Å². The number of aromatic nitrogens is 1. The number of hydrogen-bond donors (Lipinski definition) is 1. The molecule has 0 bridgehead atoms. The summed E-state index contributed by atoms with van der Waals surface area (Å²) >= 11 is 12.1. The van der Waals surface area contributed by atoms with Crippen LogP contribution in [0.2, 0.25) is 10.0 Å². The first kappa shape index (κ1) is 16.5. The molecule has 2 rings (SSSR count). The first-order valence-electron chi connectivity index (χ1n) is 6.51. The fraction of sp³-hybridized carbons (Fsp3) is 0.267. The maximum absolute atomic E-state index is 9.26. The highest BCUT2D eigenvalue weighted by Crippen LogP contribution is 2.29. The second-order valence-corrected chi connectivity index (χ2v) is 5.41. The summed E-state index contributed by atoms with van der Waals surface area (Å²) in [4.78, 5) is 0. The van der Waals surface area contributed by atoms with E-state index < -0.39 is 0 Å². The number of hydrogen-bond acceptors (Lipinski definition) is 4. The summed E-state index contributed by atoms with van der Waals surface area (Å²) in [6, 6.07) is 8.88. The molecule has 5 nitrogen and oxygen atoms in total. The lowest BCUT2D eigenvalue weighted by Gasteiger charge is -2.13. The standard InChI is InChI=1S/C15H15Cl2N3O2/c1-21-4-5-22-15-14(19)7-12(8-18)20(15)9-10-2-3-11(16)6-13(10)17/h2-3,6-7H,4-5,9,19H2,1H3. The lowest BCUT2D eigenvalue weighted by atomic mass is 10.2. The summed E-state index contributed by atoms with van der Waals surface area (Å²) in [7, 11) is 1.58. The zero-order valence-corrected chi connectivity index (χ0v) is 13.5. The normalized spacial score (nSPS) is 10.5. The number of nitrogens with zero attached hydrogens (tertiary/aromatic N) is 2. The van der Waals surface area contributed by atoms with Crippen LogP contribution in [0.5, 0.6) is 5.88 Å². The van der Waals surface area contributed by atoms with Crippen LogP contribution in [0.4, 0.5) is 5.69 Å². The lowest BCUT2D eigenvalue weighted by Crippen LogP contribution is -2.11. The summed E-state index contributed by atoms with van der Waals surface area (Å²) in [6.07, 6.45) is 0. The van der Waals surface area contributed by atoms with Gasteiger partial charge in [-0.15, -0.1) is 0 Å². The van der Waals surface area contributed by atoms with Gasteiger partial charge in [0.05, 0.1) is 18.8 Å². The Hall–Kier alpha value is -1.87. The van der Waals surface area contributed by atoms with Gasteiger partial charge < -0.3 is 15.2 Å². The van der Waals surface area contributed by atoms with Crippen LogP contribution >= 0.6 is 23.2 Å². The molecular weight excluding hydrogens is 325 g/mol. The number of benzene rings is 1. The molecule has 116 valence electrons. The van der Waals surface area contributed by atoms with Crippen molar-refractivity contribution < 1.29 is 9.47 Å². The van der Waals surface area contributed by atoms with E-state index in [1.807, 2.05) is 0 Å². The Morgan fingerprint density at radius 2 is 2.05 bits per heavy atom. The van der Waals surface area contributed by atoms with Crippen molar-refractivity contribution in [3.05, 3.63) is 45.6 Å². The number of nitrogen functional groups attached to an aromatic ring is 1. The summed E-state index contributed by atoms with van der Waals surface area (Å²) in [5.74, 6) is 0.430. The van der Waals surface area contributed by atoms with Crippen molar-refractivity contribution in [1.82, 2.24) is 4.57 Å². The molecule has 0 aliphatic carbocycles. The van der Waals surface area contributed by atoms with Crippen LogP contribution < -0.4 is 10.5 Å². The topological polar surface area (TPSA) is 73.2 Å². The van der Waals surface area contributed by atoms with Crippen molar-refractivity contribution >= 4 is 28.9 Å². The van der Waals surface area contributed by atoms with Gasteiger partial charge >= 0.3 is 0 Å². The zero-order chi connectivity index (χ0) is 16.1. The Morgan fingerprint density at radius 1 is 1.27 bits per heavy atom. The average Bonchev–Trinajstić information content (AvgIpc) is 2.78. The molecule has 2 N–H and O–H groups in total. The van der Waals surface area contributed by atoms with Gasteiger partial charge in [-0.25, -0.2) is 0 Å². The van der Waals surface area contributed by atoms with Crippen molar-refractivity contribution in [3.8, 4) is 11.9 Å². The number of nitriles is 1. The maximum atomic E-state index is 9.26. The summed E-state index contributed by atoms with van der Waals surface area (Å²) in [5, 5.41) is 10.3. The molecule has 1 aromatic heterocycles. The fourth-order valence-corrected chi connectivity index (χ4v) is 2.47. The van der Waals surface area contributed by atoms with Gasteiger partial charge in [-0.2, -0.15) is 5.26 Å². The van der Waals surface area contributed by atoms with Gasteiger partial charge in [0.25, 0.3) is 0 Å². The highest BCUT2D eigenvalue weighted by molar-refractivity contribution is 6.35. The molecule has 1 heterocycles. The second-order valence-electron chi connectivity index (χ2n) is 4.57. The maximum Gasteiger partial charge on any atom is 0.218 e. The lowest BCUT2D eigenvalue weighted by molar-refractivity contribution is 0.142. The fourth-order valence-electron chi connectivity index (χ4n) is 2.00. The molecule has 0 atom stereocenters. The van der Waals surface area contributed by atoms with Crippen LogP contribution in [-0.2, 0) is 11.3 Å². The van der Waals surface area contributed by atoms with Gasteiger partial charge in [0, 0.05) is 23.2 Å². The van der Waals surface area contributed by atoms with Crippen LogP contribution in [0.1, 0.15) is 11.3 Å². The van der Waals surface area contributed by atoms with Crippen molar-refractivity contribution in [2.75, 3.05) is 26.1 Å². The zero-order valence-electron chi connectivity index (χ0n) is 12.0. The Labute approximate surface area is 138 Å². The molecule has 0 spiro atoms. The van der Waals surface area contributed by atoms with Crippen LogP contribution in [0.3, 0.4) is 0 Å². The molecule has 0 saturated carbocycles. The molecule has 1 aromatic carbocycles. The van der Waals surface area contributed by atoms with Crippen LogP contribution in [0.25, 0.3) is 0 Å². The molecule has 0 fully saturated rings. The largest absolute Gasteiger partial charge is 0.475 e. The molecule has 0 radical (unpaired) electrons. The predicted octanol–water partition coefficient (Wildman–Crippen LogP) is 3.32. The minimum atomic E-state index is 0.337. The molecular formula is C15H15Cl2N3O2. The third-order valence-electron chi connectivity index (χ3n) is 3.06.